The molecule has 1 heterocycles. The molecule has 258 valence electrons. The molecule has 1 aliphatic heterocycles. The first-order valence-corrected chi connectivity index (χ1v) is 16.7. The Morgan fingerprint density at radius 1 is 1.00 bits per heavy atom. The van der Waals surface area contributed by atoms with Crippen LogP contribution < -0.4 is 10.6 Å². The van der Waals surface area contributed by atoms with Gasteiger partial charge in [0.2, 0.25) is 0 Å². The number of aliphatic hydroxyl groups excluding tert-OH is 3. The van der Waals surface area contributed by atoms with Crippen molar-refractivity contribution >= 4 is 0 Å². The third kappa shape index (κ3) is 12.7. The van der Waals surface area contributed by atoms with Gasteiger partial charge in [-0.2, -0.15) is 0 Å². The Balaban J connectivity index is 3.00. The van der Waals surface area contributed by atoms with Crippen LogP contribution in [0.1, 0.15) is 94.4 Å². The molecule has 0 saturated carbocycles. The smallest absolute Gasteiger partial charge is 0.160 e. The number of nitrogens with one attached hydrogen (secondary N) is 2. The summed E-state index contributed by atoms with van der Waals surface area (Å²) in [6.45, 7) is 19.1. The van der Waals surface area contributed by atoms with E-state index in [0.717, 1.165) is 32.2 Å². The van der Waals surface area contributed by atoms with Crippen molar-refractivity contribution in [3.8, 4) is 0 Å². The molecule has 0 aromatic carbocycles. The van der Waals surface area contributed by atoms with E-state index in [-0.39, 0.29) is 36.4 Å². The maximum atomic E-state index is 11.6. The highest BCUT2D eigenvalue weighted by Gasteiger charge is 2.44. The molecular weight excluding hydrogens is 550 g/mol. The molecule has 0 aromatic heterocycles. The highest BCUT2D eigenvalue weighted by Crippen LogP contribution is 2.34. The fraction of sp³-hybridized carbons (Fsp3) is 1.00. The summed E-state index contributed by atoms with van der Waals surface area (Å²) < 4.78 is 18.9. The standard InChI is InChI=1S/C33H69N3O7/c1-13-27(33(9,40)31(38)25(8)35-16-14-15-34-10)42-32(39)24(7)29(37)23(6)30(21(4)17-20(2)3)43-28-19-26(36(11)12)18-22(5)41-28/h20-32,34-35,37-40H,13-19H2,1-12H3/t21-,22?,23?,24?,25?,26?,27?,28+,29?,30?,31?,32?,33+/m1/s1. The summed E-state index contributed by atoms with van der Waals surface area (Å²) in [5, 5.41) is 51.5. The quantitative estimate of drug-likeness (QED) is 0.0841. The zero-order valence-corrected chi connectivity index (χ0v) is 29.4. The van der Waals surface area contributed by atoms with Crippen LogP contribution in [0.2, 0.25) is 0 Å². The number of ether oxygens (including phenoxy) is 3. The molecule has 1 saturated heterocycles. The number of aliphatic hydroxyl groups is 4. The van der Waals surface area contributed by atoms with E-state index in [9.17, 15) is 20.4 Å². The second kappa shape index (κ2) is 19.3. The molecule has 0 radical (unpaired) electrons. The van der Waals surface area contributed by atoms with Gasteiger partial charge in [-0.05, 0) is 92.5 Å². The average molecular weight is 620 g/mol. The molecule has 1 aliphatic rings. The lowest BCUT2D eigenvalue weighted by Crippen LogP contribution is -2.59. The summed E-state index contributed by atoms with van der Waals surface area (Å²) in [6.07, 6.45) is -1.01. The number of nitrogens with zero attached hydrogens (tertiary/aromatic N) is 1. The van der Waals surface area contributed by atoms with Crippen LogP contribution in [0, 0.1) is 23.7 Å². The SMILES string of the molecule is CCC(OC(O)C(C)C(O)C(C)C(O[C@H]1CC(N(C)C)CC(C)O1)[C@H](C)CC(C)C)[C@](C)(O)C(O)C(C)NCCCNC. The molecule has 13 atom stereocenters. The Morgan fingerprint density at radius 2 is 1.63 bits per heavy atom. The summed E-state index contributed by atoms with van der Waals surface area (Å²) in [7, 11) is 6.05. The molecule has 0 aromatic rings. The molecule has 1 fully saturated rings. The number of hydrogen-bond donors (Lipinski definition) is 6. The number of hydrogen-bond acceptors (Lipinski definition) is 10. The van der Waals surface area contributed by atoms with Crippen LogP contribution in [0.5, 0.6) is 0 Å². The van der Waals surface area contributed by atoms with Gasteiger partial charge >= 0.3 is 0 Å². The van der Waals surface area contributed by atoms with Crippen LogP contribution in [0.3, 0.4) is 0 Å². The second-order valence-corrected chi connectivity index (χ2v) is 14.2. The topological polar surface area (TPSA) is 136 Å². The van der Waals surface area contributed by atoms with Gasteiger partial charge in [-0.1, -0.05) is 41.5 Å². The largest absolute Gasteiger partial charge is 0.392 e. The van der Waals surface area contributed by atoms with Gasteiger partial charge in [0.05, 0.1) is 30.5 Å². The molecule has 6 N–H and O–H groups in total. The van der Waals surface area contributed by atoms with Gasteiger partial charge in [0.25, 0.3) is 0 Å². The Morgan fingerprint density at radius 3 is 2.16 bits per heavy atom. The molecule has 43 heavy (non-hydrogen) atoms. The second-order valence-electron chi connectivity index (χ2n) is 14.2. The van der Waals surface area contributed by atoms with E-state index in [1.165, 1.54) is 6.92 Å². The van der Waals surface area contributed by atoms with Crippen molar-refractivity contribution in [3.63, 3.8) is 0 Å². The van der Waals surface area contributed by atoms with Crippen molar-refractivity contribution in [2.24, 2.45) is 23.7 Å². The van der Waals surface area contributed by atoms with Crippen LogP contribution in [0.25, 0.3) is 0 Å². The van der Waals surface area contributed by atoms with E-state index in [4.69, 9.17) is 14.2 Å². The van der Waals surface area contributed by atoms with Crippen LogP contribution in [-0.2, 0) is 14.2 Å². The van der Waals surface area contributed by atoms with Gasteiger partial charge in [-0.25, -0.2) is 0 Å². The van der Waals surface area contributed by atoms with Gasteiger partial charge < -0.3 is 50.2 Å². The van der Waals surface area contributed by atoms with Crippen molar-refractivity contribution in [1.82, 2.24) is 15.5 Å². The lowest BCUT2D eigenvalue weighted by Gasteiger charge is -2.43. The van der Waals surface area contributed by atoms with Gasteiger partial charge in [0.1, 0.15) is 5.60 Å². The monoisotopic (exact) mass is 620 g/mol. The van der Waals surface area contributed by atoms with Crippen LogP contribution >= 0.6 is 0 Å². The first-order chi connectivity index (χ1) is 20.0. The lowest BCUT2D eigenvalue weighted by atomic mass is 9.81. The van der Waals surface area contributed by atoms with Crippen molar-refractivity contribution in [2.75, 3.05) is 34.2 Å². The maximum Gasteiger partial charge on any atom is 0.160 e. The number of rotatable bonds is 21. The zero-order valence-electron chi connectivity index (χ0n) is 29.4. The van der Waals surface area contributed by atoms with Crippen LogP contribution in [0.4, 0.5) is 0 Å². The highest BCUT2D eigenvalue weighted by molar-refractivity contribution is 4.95. The summed E-state index contributed by atoms with van der Waals surface area (Å²) in [4.78, 5) is 2.22. The van der Waals surface area contributed by atoms with Crippen LogP contribution in [-0.4, -0.2) is 120 Å². The first-order valence-electron chi connectivity index (χ1n) is 16.7. The molecule has 0 aliphatic carbocycles. The average Bonchev–Trinajstić information content (AvgIpc) is 2.93. The fourth-order valence-corrected chi connectivity index (χ4v) is 6.59. The maximum absolute atomic E-state index is 11.6. The van der Waals surface area contributed by atoms with Crippen molar-refractivity contribution in [2.45, 2.75) is 155 Å². The third-order valence-electron chi connectivity index (χ3n) is 9.41. The third-order valence-corrected chi connectivity index (χ3v) is 9.41. The predicted octanol–water partition coefficient (Wildman–Crippen LogP) is 2.96. The lowest BCUT2D eigenvalue weighted by molar-refractivity contribution is -0.258. The van der Waals surface area contributed by atoms with Crippen molar-refractivity contribution in [3.05, 3.63) is 0 Å². The summed E-state index contributed by atoms with van der Waals surface area (Å²) in [5.74, 6) is -0.396. The zero-order chi connectivity index (χ0) is 33.1. The van der Waals surface area contributed by atoms with E-state index in [1.54, 1.807) is 6.92 Å². The normalized spacial score (nSPS) is 27.6. The van der Waals surface area contributed by atoms with Gasteiger partial charge in [0.15, 0.2) is 12.6 Å². The molecule has 0 bridgehead atoms. The fourth-order valence-electron chi connectivity index (χ4n) is 6.59. The van der Waals surface area contributed by atoms with Gasteiger partial charge in [-0.3, -0.25) is 0 Å². The molecule has 0 amide bonds. The minimum absolute atomic E-state index is 0.0713. The van der Waals surface area contributed by atoms with Crippen molar-refractivity contribution in [1.29, 1.82) is 0 Å². The molecular formula is C33H69N3O7. The minimum atomic E-state index is -1.63. The summed E-state index contributed by atoms with van der Waals surface area (Å²) in [6, 6.07) is -0.0357. The van der Waals surface area contributed by atoms with Crippen LogP contribution in [0.15, 0.2) is 0 Å². The summed E-state index contributed by atoms with van der Waals surface area (Å²) in [5.41, 5.74) is -1.63. The highest BCUT2D eigenvalue weighted by atomic mass is 16.7. The first kappa shape index (κ1) is 40.6. The Labute approximate surface area is 263 Å². The van der Waals surface area contributed by atoms with E-state index < -0.39 is 36.1 Å². The molecule has 0 spiro atoms. The molecule has 10 nitrogen and oxygen atoms in total. The predicted molar refractivity (Wildman–Crippen MR) is 173 cm³/mol. The molecule has 10 unspecified atom stereocenters. The van der Waals surface area contributed by atoms with E-state index in [1.807, 2.05) is 27.8 Å². The van der Waals surface area contributed by atoms with Crippen molar-refractivity contribution < 1.29 is 34.6 Å². The van der Waals surface area contributed by atoms with E-state index in [2.05, 4.69) is 57.3 Å². The molecule has 1 rings (SSSR count). The van der Waals surface area contributed by atoms with E-state index in [0.29, 0.717) is 24.9 Å². The summed E-state index contributed by atoms with van der Waals surface area (Å²) >= 11 is 0. The Kier molecular flexibility index (Phi) is 18.2. The minimum Gasteiger partial charge on any atom is -0.392 e. The van der Waals surface area contributed by atoms with E-state index >= 15 is 0 Å². The Bertz CT molecular complexity index is 743. The Hall–Kier alpha value is -0.400. The van der Waals surface area contributed by atoms with Gasteiger partial charge in [-0.15, -0.1) is 0 Å². The molecule has 10 heteroatoms. The van der Waals surface area contributed by atoms with Gasteiger partial charge in [0, 0.05) is 30.3 Å².